The molecule has 7 heteroatoms. The second-order valence-electron chi connectivity index (χ2n) is 7.41. The Balaban J connectivity index is 2.18. The Hall–Kier alpha value is -2.73. The summed E-state index contributed by atoms with van der Waals surface area (Å²) in [4.78, 5) is 27.1. The second kappa shape index (κ2) is 10.9. The molecule has 0 spiro atoms. The summed E-state index contributed by atoms with van der Waals surface area (Å²) in [5.74, 6) is 0.721. The van der Waals surface area contributed by atoms with Crippen molar-refractivity contribution >= 4 is 23.4 Å². The van der Waals surface area contributed by atoms with E-state index in [1.165, 1.54) is 4.90 Å². The number of hydrogen-bond acceptors (Lipinski definition) is 4. The van der Waals surface area contributed by atoms with Crippen LogP contribution in [0.5, 0.6) is 11.5 Å². The Morgan fingerprint density at radius 2 is 1.83 bits per heavy atom. The quantitative estimate of drug-likeness (QED) is 0.650. The number of methoxy groups -OCH3 is 1. The van der Waals surface area contributed by atoms with Crippen LogP contribution in [-0.4, -0.2) is 42.5 Å². The summed E-state index contributed by atoms with van der Waals surface area (Å²) in [6.07, 6.45) is 0. The van der Waals surface area contributed by atoms with Gasteiger partial charge in [-0.2, -0.15) is 0 Å². The molecule has 0 aromatic heterocycles. The molecule has 0 radical (unpaired) electrons. The van der Waals surface area contributed by atoms with Gasteiger partial charge in [-0.3, -0.25) is 9.59 Å². The van der Waals surface area contributed by atoms with E-state index >= 15 is 0 Å². The van der Waals surface area contributed by atoms with E-state index in [1.54, 1.807) is 32.2 Å². The zero-order valence-electron chi connectivity index (χ0n) is 18.1. The fraction of sp³-hybridized carbons (Fsp3) is 0.391. The Morgan fingerprint density at radius 3 is 2.47 bits per heavy atom. The molecule has 2 rings (SSSR count). The van der Waals surface area contributed by atoms with Crippen molar-refractivity contribution in [2.24, 2.45) is 0 Å². The van der Waals surface area contributed by atoms with Gasteiger partial charge in [-0.05, 0) is 69.2 Å². The highest BCUT2D eigenvalue weighted by molar-refractivity contribution is 6.31. The highest BCUT2D eigenvalue weighted by atomic mass is 35.5. The number of ether oxygens (including phenoxy) is 2. The van der Waals surface area contributed by atoms with Gasteiger partial charge in [0.15, 0.2) is 6.61 Å². The lowest BCUT2D eigenvalue weighted by molar-refractivity contribution is -0.142. The van der Waals surface area contributed by atoms with Gasteiger partial charge in [-0.25, -0.2) is 0 Å². The molecule has 2 aromatic carbocycles. The average molecular weight is 433 g/mol. The van der Waals surface area contributed by atoms with Crippen LogP contribution in [0.4, 0.5) is 0 Å². The number of halogens is 1. The van der Waals surface area contributed by atoms with Crippen LogP contribution in [0.25, 0.3) is 0 Å². The van der Waals surface area contributed by atoms with Crippen molar-refractivity contribution in [1.82, 2.24) is 10.2 Å². The molecular formula is C23H29ClN2O4. The standard InChI is InChI=1S/C23H29ClN2O4/c1-15(2)25-23(28)17(4)26(13-18-7-6-8-19(12-18)29-5)22(27)14-30-20-9-10-21(24)16(3)11-20/h6-12,15,17H,13-14H2,1-5H3,(H,25,28). The predicted octanol–water partition coefficient (Wildman–Crippen LogP) is 3.98. The molecule has 0 saturated carbocycles. The second-order valence-corrected chi connectivity index (χ2v) is 7.82. The van der Waals surface area contributed by atoms with E-state index in [0.29, 0.717) is 16.5 Å². The van der Waals surface area contributed by atoms with E-state index in [9.17, 15) is 9.59 Å². The van der Waals surface area contributed by atoms with Crippen LogP contribution in [0.2, 0.25) is 5.02 Å². The fourth-order valence-corrected chi connectivity index (χ4v) is 3.01. The van der Waals surface area contributed by atoms with Gasteiger partial charge in [0.2, 0.25) is 5.91 Å². The van der Waals surface area contributed by atoms with Crippen molar-refractivity contribution in [2.75, 3.05) is 13.7 Å². The Bertz CT molecular complexity index is 885. The number of aryl methyl sites for hydroxylation is 1. The molecule has 162 valence electrons. The molecule has 2 amide bonds. The highest BCUT2D eigenvalue weighted by Gasteiger charge is 2.27. The first-order valence-electron chi connectivity index (χ1n) is 9.83. The molecule has 0 bridgehead atoms. The van der Waals surface area contributed by atoms with E-state index in [1.807, 2.05) is 45.0 Å². The maximum absolute atomic E-state index is 13.0. The van der Waals surface area contributed by atoms with Crippen molar-refractivity contribution < 1.29 is 19.1 Å². The lowest BCUT2D eigenvalue weighted by Crippen LogP contribution is -2.50. The molecule has 0 aliphatic rings. The average Bonchev–Trinajstić information content (AvgIpc) is 2.71. The summed E-state index contributed by atoms with van der Waals surface area (Å²) < 4.78 is 10.9. The molecule has 0 fully saturated rings. The first-order valence-corrected chi connectivity index (χ1v) is 10.2. The van der Waals surface area contributed by atoms with Crippen molar-refractivity contribution in [2.45, 2.75) is 46.3 Å². The highest BCUT2D eigenvalue weighted by Crippen LogP contribution is 2.21. The fourth-order valence-electron chi connectivity index (χ4n) is 2.89. The molecule has 2 aromatic rings. The molecule has 0 saturated heterocycles. The minimum Gasteiger partial charge on any atom is -0.497 e. The summed E-state index contributed by atoms with van der Waals surface area (Å²) in [6.45, 7) is 7.40. The summed E-state index contributed by atoms with van der Waals surface area (Å²) in [5, 5.41) is 3.49. The largest absolute Gasteiger partial charge is 0.497 e. The first-order chi connectivity index (χ1) is 14.2. The van der Waals surface area contributed by atoms with Crippen LogP contribution in [0, 0.1) is 6.92 Å². The van der Waals surface area contributed by atoms with Gasteiger partial charge in [0, 0.05) is 17.6 Å². The zero-order chi connectivity index (χ0) is 22.3. The van der Waals surface area contributed by atoms with Crippen molar-refractivity contribution in [3.05, 3.63) is 58.6 Å². The molecular weight excluding hydrogens is 404 g/mol. The van der Waals surface area contributed by atoms with Gasteiger partial charge in [-0.1, -0.05) is 23.7 Å². The van der Waals surface area contributed by atoms with E-state index in [2.05, 4.69) is 5.32 Å². The van der Waals surface area contributed by atoms with Gasteiger partial charge < -0.3 is 19.7 Å². The Morgan fingerprint density at radius 1 is 1.10 bits per heavy atom. The smallest absolute Gasteiger partial charge is 0.261 e. The maximum Gasteiger partial charge on any atom is 0.261 e. The molecule has 6 nitrogen and oxygen atoms in total. The van der Waals surface area contributed by atoms with Crippen LogP contribution in [-0.2, 0) is 16.1 Å². The third-order valence-corrected chi connectivity index (χ3v) is 5.00. The number of nitrogens with one attached hydrogen (secondary N) is 1. The third kappa shape index (κ3) is 6.66. The predicted molar refractivity (Wildman–Crippen MR) is 118 cm³/mol. The molecule has 0 aliphatic heterocycles. The summed E-state index contributed by atoms with van der Waals surface area (Å²) in [7, 11) is 1.59. The van der Waals surface area contributed by atoms with Crippen LogP contribution in [0.3, 0.4) is 0 Å². The third-order valence-electron chi connectivity index (χ3n) is 4.58. The first kappa shape index (κ1) is 23.5. The number of carbonyl (C=O) groups excluding carboxylic acids is 2. The number of rotatable bonds is 9. The van der Waals surface area contributed by atoms with Crippen LogP contribution in [0.1, 0.15) is 31.9 Å². The molecule has 30 heavy (non-hydrogen) atoms. The molecule has 0 aliphatic carbocycles. The minimum absolute atomic E-state index is 0.0259. The van der Waals surface area contributed by atoms with Crippen molar-refractivity contribution in [1.29, 1.82) is 0 Å². The van der Waals surface area contributed by atoms with Gasteiger partial charge in [-0.15, -0.1) is 0 Å². The van der Waals surface area contributed by atoms with Crippen molar-refractivity contribution in [3.8, 4) is 11.5 Å². The van der Waals surface area contributed by atoms with Crippen LogP contribution in [0.15, 0.2) is 42.5 Å². The van der Waals surface area contributed by atoms with E-state index in [4.69, 9.17) is 21.1 Å². The monoisotopic (exact) mass is 432 g/mol. The van der Waals surface area contributed by atoms with E-state index < -0.39 is 6.04 Å². The van der Waals surface area contributed by atoms with E-state index in [-0.39, 0.29) is 31.0 Å². The molecule has 0 heterocycles. The van der Waals surface area contributed by atoms with Gasteiger partial charge in [0.05, 0.1) is 7.11 Å². The van der Waals surface area contributed by atoms with E-state index in [0.717, 1.165) is 11.1 Å². The minimum atomic E-state index is -0.665. The number of benzene rings is 2. The molecule has 1 atom stereocenters. The van der Waals surface area contributed by atoms with Crippen molar-refractivity contribution in [3.63, 3.8) is 0 Å². The molecule has 1 N–H and O–H groups in total. The zero-order valence-corrected chi connectivity index (χ0v) is 18.8. The maximum atomic E-state index is 13.0. The van der Waals surface area contributed by atoms with Crippen LogP contribution >= 0.6 is 11.6 Å². The summed E-state index contributed by atoms with van der Waals surface area (Å²) in [5.41, 5.74) is 1.72. The summed E-state index contributed by atoms with van der Waals surface area (Å²) >= 11 is 6.04. The lowest BCUT2D eigenvalue weighted by atomic mass is 10.1. The number of carbonyl (C=O) groups is 2. The van der Waals surface area contributed by atoms with Gasteiger partial charge >= 0.3 is 0 Å². The van der Waals surface area contributed by atoms with Crippen LogP contribution < -0.4 is 14.8 Å². The Labute approximate surface area is 183 Å². The van der Waals surface area contributed by atoms with Gasteiger partial charge in [0.25, 0.3) is 5.91 Å². The summed E-state index contributed by atoms with van der Waals surface area (Å²) in [6, 6.07) is 11.9. The SMILES string of the molecule is COc1cccc(CN(C(=O)COc2ccc(Cl)c(C)c2)C(C)C(=O)NC(C)C)c1. The number of nitrogens with zero attached hydrogens (tertiary/aromatic N) is 1. The van der Waals surface area contributed by atoms with Gasteiger partial charge in [0.1, 0.15) is 17.5 Å². The lowest BCUT2D eigenvalue weighted by Gasteiger charge is -2.29. The normalized spacial score (nSPS) is 11.7. The molecule has 1 unspecified atom stereocenters. The Kier molecular flexibility index (Phi) is 8.54. The number of hydrogen-bond donors (Lipinski definition) is 1. The number of amides is 2. The topological polar surface area (TPSA) is 67.9 Å².